The van der Waals surface area contributed by atoms with Crippen LogP contribution in [0.15, 0.2) is 24.3 Å². The average molecular weight is 275 g/mol. The molecule has 18 heavy (non-hydrogen) atoms. The van der Waals surface area contributed by atoms with Gasteiger partial charge in [-0.05, 0) is 37.6 Å². The quantitative estimate of drug-likeness (QED) is 0.545. The number of nitrogens with one attached hydrogen (secondary N) is 1. The molecule has 3 N–H and O–H groups in total. The van der Waals surface area contributed by atoms with Crippen molar-refractivity contribution in [3.8, 4) is 5.75 Å². The first-order valence-electron chi connectivity index (χ1n) is 5.36. The van der Waals surface area contributed by atoms with Crippen molar-refractivity contribution in [1.82, 2.24) is 5.32 Å². The van der Waals surface area contributed by atoms with Gasteiger partial charge in [0, 0.05) is 6.04 Å². The molecule has 0 aliphatic rings. The lowest BCUT2D eigenvalue weighted by Crippen LogP contribution is -2.21. The monoisotopic (exact) mass is 275 g/mol. The Labute approximate surface area is 109 Å². The van der Waals surface area contributed by atoms with Crippen LogP contribution in [-0.2, 0) is 10.1 Å². The smallest absolute Gasteiger partial charge is 0.264 e. The standard InChI is InChI=1S/C11H17NO4S.CH4/c1-9(10-3-5-11(13)6-4-10)12-7-2-8-17(14,15)16;/h3-6,9,12-13H,2,7-8H2,1H3,(H,14,15,16);1H4/t9-;/m1./s1. The third kappa shape index (κ3) is 6.58. The van der Waals surface area contributed by atoms with E-state index in [2.05, 4.69) is 5.32 Å². The minimum atomic E-state index is -3.87. The highest BCUT2D eigenvalue weighted by Crippen LogP contribution is 2.16. The molecule has 104 valence electrons. The van der Waals surface area contributed by atoms with Crippen molar-refractivity contribution in [2.24, 2.45) is 0 Å². The van der Waals surface area contributed by atoms with Gasteiger partial charge in [-0.25, -0.2) is 0 Å². The van der Waals surface area contributed by atoms with Crippen LogP contribution in [-0.4, -0.2) is 30.4 Å². The maximum atomic E-state index is 10.5. The summed E-state index contributed by atoms with van der Waals surface area (Å²) in [4.78, 5) is 0. The normalized spacial score (nSPS) is 12.8. The summed E-state index contributed by atoms with van der Waals surface area (Å²) in [7, 11) is -3.87. The fourth-order valence-electron chi connectivity index (χ4n) is 1.45. The van der Waals surface area contributed by atoms with Crippen LogP contribution in [0.2, 0.25) is 0 Å². The molecule has 0 heterocycles. The molecule has 6 heteroatoms. The predicted molar refractivity (Wildman–Crippen MR) is 72.3 cm³/mol. The lowest BCUT2D eigenvalue weighted by Gasteiger charge is -2.13. The Bertz CT molecular complexity index is 442. The van der Waals surface area contributed by atoms with Gasteiger partial charge >= 0.3 is 0 Å². The highest BCUT2D eigenvalue weighted by atomic mass is 32.2. The highest BCUT2D eigenvalue weighted by Gasteiger charge is 2.06. The highest BCUT2D eigenvalue weighted by molar-refractivity contribution is 7.85. The van der Waals surface area contributed by atoms with Gasteiger partial charge in [-0.2, -0.15) is 8.42 Å². The minimum absolute atomic E-state index is 0. The summed E-state index contributed by atoms with van der Waals surface area (Å²) >= 11 is 0. The Morgan fingerprint density at radius 3 is 2.33 bits per heavy atom. The Balaban J connectivity index is 0.00000289. The van der Waals surface area contributed by atoms with Gasteiger partial charge in [0.15, 0.2) is 0 Å². The van der Waals surface area contributed by atoms with Crippen LogP contribution < -0.4 is 5.32 Å². The van der Waals surface area contributed by atoms with Crippen LogP contribution in [0.5, 0.6) is 5.75 Å². The van der Waals surface area contributed by atoms with Crippen molar-refractivity contribution in [2.45, 2.75) is 26.8 Å². The summed E-state index contributed by atoms with van der Waals surface area (Å²) in [6, 6.07) is 6.88. The predicted octanol–water partition coefficient (Wildman–Crippen LogP) is 1.96. The average Bonchev–Trinajstić information content (AvgIpc) is 2.24. The molecule has 0 unspecified atom stereocenters. The first kappa shape index (κ1) is 16.9. The molecule has 0 amide bonds. The van der Waals surface area contributed by atoms with Crippen molar-refractivity contribution < 1.29 is 18.1 Å². The number of benzene rings is 1. The summed E-state index contributed by atoms with van der Waals surface area (Å²) in [5.41, 5.74) is 1.01. The molecule has 0 saturated heterocycles. The van der Waals surface area contributed by atoms with Crippen LogP contribution >= 0.6 is 0 Å². The second-order valence-electron chi connectivity index (χ2n) is 3.91. The minimum Gasteiger partial charge on any atom is -0.508 e. The number of hydrogen-bond donors (Lipinski definition) is 3. The molecule has 0 aromatic heterocycles. The van der Waals surface area contributed by atoms with E-state index in [1.807, 2.05) is 6.92 Å². The molecule has 1 rings (SSSR count). The van der Waals surface area contributed by atoms with Gasteiger partial charge in [-0.15, -0.1) is 0 Å². The molecule has 1 atom stereocenters. The number of phenols is 1. The van der Waals surface area contributed by atoms with Gasteiger partial charge < -0.3 is 10.4 Å². The largest absolute Gasteiger partial charge is 0.508 e. The molecule has 0 radical (unpaired) electrons. The third-order valence-corrected chi connectivity index (χ3v) is 3.23. The van der Waals surface area contributed by atoms with E-state index in [1.54, 1.807) is 24.3 Å². The molecule has 0 saturated carbocycles. The first-order chi connectivity index (χ1) is 7.88. The number of rotatable bonds is 6. The van der Waals surface area contributed by atoms with Crippen molar-refractivity contribution in [3.63, 3.8) is 0 Å². The molecule has 0 aliphatic carbocycles. The van der Waals surface area contributed by atoms with Crippen LogP contribution in [0.3, 0.4) is 0 Å². The first-order valence-corrected chi connectivity index (χ1v) is 6.97. The zero-order chi connectivity index (χ0) is 12.9. The molecule has 5 nitrogen and oxygen atoms in total. The number of hydrogen-bond acceptors (Lipinski definition) is 4. The number of aromatic hydroxyl groups is 1. The topological polar surface area (TPSA) is 86.6 Å². The van der Waals surface area contributed by atoms with Crippen molar-refractivity contribution in [2.75, 3.05) is 12.3 Å². The lowest BCUT2D eigenvalue weighted by molar-refractivity contribution is 0.472. The fourth-order valence-corrected chi connectivity index (χ4v) is 1.96. The van der Waals surface area contributed by atoms with Crippen molar-refractivity contribution in [3.05, 3.63) is 29.8 Å². The molecule has 1 aromatic carbocycles. The zero-order valence-corrected chi connectivity index (χ0v) is 10.4. The summed E-state index contributed by atoms with van der Waals surface area (Å²) < 4.78 is 29.5. The molecular formula is C12H21NO4S. The second kappa shape index (κ2) is 7.35. The summed E-state index contributed by atoms with van der Waals surface area (Å²) in [5.74, 6) is -0.0187. The van der Waals surface area contributed by atoms with Gasteiger partial charge in [0.2, 0.25) is 0 Å². The lowest BCUT2D eigenvalue weighted by atomic mass is 10.1. The van der Waals surface area contributed by atoms with E-state index in [0.29, 0.717) is 13.0 Å². The summed E-state index contributed by atoms with van der Waals surface area (Å²) in [6.45, 7) is 2.45. The SMILES string of the molecule is C.C[C@@H](NCCCS(=O)(=O)O)c1ccc(O)cc1. The summed E-state index contributed by atoms with van der Waals surface area (Å²) in [6.07, 6.45) is 0.362. The van der Waals surface area contributed by atoms with E-state index in [1.165, 1.54) is 0 Å². The molecular weight excluding hydrogens is 254 g/mol. The molecule has 0 spiro atoms. The molecule has 0 fully saturated rings. The second-order valence-corrected chi connectivity index (χ2v) is 5.48. The van der Waals surface area contributed by atoms with E-state index in [9.17, 15) is 8.42 Å². The third-order valence-electron chi connectivity index (χ3n) is 2.42. The van der Waals surface area contributed by atoms with Gasteiger partial charge in [-0.3, -0.25) is 4.55 Å². The Kier molecular flexibility index (Phi) is 6.90. The van der Waals surface area contributed by atoms with Crippen LogP contribution in [0.1, 0.15) is 32.4 Å². The van der Waals surface area contributed by atoms with E-state index in [4.69, 9.17) is 9.66 Å². The van der Waals surface area contributed by atoms with E-state index in [-0.39, 0.29) is 25.0 Å². The maximum absolute atomic E-state index is 10.5. The maximum Gasteiger partial charge on any atom is 0.264 e. The Morgan fingerprint density at radius 1 is 1.28 bits per heavy atom. The zero-order valence-electron chi connectivity index (χ0n) is 9.63. The van der Waals surface area contributed by atoms with E-state index >= 15 is 0 Å². The van der Waals surface area contributed by atoms with E-state index in [0.717, 1.165) is 5.56 Å². The molecule has 0 aliphatic heterocycles. The number of phenolic OH excluding ortho intramolecular Hbond substituents is 1. The Hall–Kier alpha value is -1.11. The van der Waals surface area contributed by atoms with Gasteiger partial charge in [0.25, 0.3) is 10.1 Å². The van der Waals surface area contributed by atoms with Crippen molar-refractivity contribution in [1.29, 1.82) is 0 Å². The van der Waals surface area contributed by atoms with Crippen LogP contribution in [0.25, 0.3) is 0 Å². The molecule has 1 aromatic rings. The van der Waals surface area contributed by atoms with Crippen LogP contribution in [0, 0.1) is 0 Å². The van der Waals surface area contributed by atoms with Gasteiger partial charge in [0.05, 0.1) is 5.75 Å². The van der Waals surface area contributed by atoms with Gasteiger partial charge in [0.1, 0.15) is 5.75 Å². The molecule has 0 bridgehead atoms. The summed E-state index contributed by atoms with van der Waals surface area (Å²) in [5, 5.41) is 12.3. The fraction of sp³-hybridized carbons (Fsp3) is 0.500. The van der Waals surface area contributed by atoms with Crippen LogP contribution in [0.4, 0.5) is 0 Å². The van der Waals surface area contributed by atoms with Gasteiger partial charge in [-0.1, -0.05) is 19.6 Å². The van der Waals surface area contributed by atoms with Crippen molar-refractivity contribution >= 4 is 10.1 Å². The Morgan fingerprint density at radius 2 is 1.83 bits per heavy atom. The van der Waals surface area contributed by atoms with E-state index < -0.39 is 10.1 Å².